The van der Waals surface area contributed by atoms with Gasteiger partial charge in [0.1, 0.15) is 4.32 Å². The van der Waals surface area contributed by atoms with Crippen LogP contribution in [0.15, 0.2) is 53.4 Å². The predicted octanol–water partition coefficient (Wildman–Crippen LogP) is 5.48. The van der Waals surface area contributed by atoms with Crippen molar-refractivity contribution in [2.24, 2.45) is 0 Å². The van der Waals surface area contributed by atoms with Gasteiger partial charge in [0.2, 0.25) is 5.91 Å². The van der Waals surface area contributed by atoms with Gasteiger partial charge in [0.05, 0.1) is 17.6 Å². The first-order valence-corrected chi connectivity index (χ1v) is 12.7. The second-order valence-electron chi connectivity index (χ2n) is 7.31. The molecule has 1 heterocycles. The van der Waals surface area contributed by atoms with Gasteiger partial charge in [-0.15, -0.1) is 0 Å². The van der Waals surface area contributed by atoms with Gasteiger partial charge >= 0.3 is 5.97 Å². The fourth-order valence-electron chi connectivity index (χ4n) is 3.17. The molecule has 1 aliphatic heterocycles. The van der Waals surface area contributed by atoms with Crippen LogP contribution < -0.4 is 5.32 Å². The normalized spacial score (nSPS) is 14.6. The first-order chi connectivity index (χ1) is 15.9. The van der Waals surface area contributed by atoms with Crippen LogP contribution in [-0.2, 0) is 14.3 Å². The Morgan fingerprint density at radius 2 is 1.79 bits per heavy atom. The molecule has 2 amide bonds. The zero-order chi connectivity index (χ0) is 23.8. The summed E-state index contributed by atoms with van der Waals surface area (Å²) in [6.45, 7) is 0.530. The van der Waals surface area contributed by atoms with Crippen molar-refractivity contribution in [1.82, 2.24) is 4.90 Å². The van der Waals surface area contributed by atoms with Crippen LogP contribution in [0.5, 0.6) is 0 Å². The number of carbonyl (C=O) groups is 3. The monoisotopic (exact) mass is 594 g/mol. The summed E-state index contributed by atoms with van der Waals surface area (Å²) in [5.74, 6) is -0.526. The summed E-state index contributed by atoms with van der Waals surface area (Å²) in [7, 11) is 1.33. The molecule has 3 rings (SSSR count). The smallest absolute Gasteiger partial charge is 0.337 e. The Kier molecular flexibility index (Phi) is 9.45. The summed E-state index contributed by atoms with van der Waals surface area (Å²) in [6.07, 6.45) is 4.55. The molecule has 0 bridgehead atoms. The highest BCUT2D eigenvalue weighted by molar-refractivity contribution is 14.1. The molecule has 1 saturated heterocycles. The Morgan fingerprint density at radius 3 is 2.45 bits per heavy atom. The molecule has 6 nitrogen and oxygen atoms in total. The summed E-state index contributed by atoms with van der Waals surface area (Å²) in [5, 5.41) is 2.89. The average molecular weight is 594 g/mol. The van der Waals surface area contributed by atoms with Crippen molar-refractivity contribution in [3.8, 4) is 0 Å². The fraction of sp³-hybridized carbons (Fsp3) is 0.250. The van der Waals surface area contributed by atoms with Gasteiger partial charge in [-0.3, -0.25) is 14.5 Å². The molecule has 0 atom stereocenters. The van der Waals surface area contributed by atoms with E-state index in [1.165, 1.54) is 18.9 Å². The van der Waals surface area contributed by atoms with Crippen molar-refractivity contribution in [1.29, 1.82) is 0 Å². The number of halogens is 1. The fourth-order valence-corrected chi connectivity index (χ4v) is 4.83. The molecular weight excluding hydrogens is 571 g/mol. The summed E-state index contributed by atoms with van der Waals surface area (Å²) in [6, 6.07) is 14.5. The molecule has 0 spiro atoms. The Labute approximate surface area is 216 Å². The molecule has 9 heteroatoms. The zero-order valence-corrected chi connectivity index (χ0v) is 21.8. The number of methoxy groups -OCH3 is 1. The number of hydrogen-bond acceptors (Lipinski definition) is 6. The van der Waals surface area contributed by atoms with Crippen molar-refractivity contribution in [2.45, 2.75) is 25.7 Å². The number of anilines is 1. The molecule has 1 fully saturated rings. The number of ether oxygens (including phenoxy) is 1. The Morgan fingerprint density at radius 1 is 1.09 bits per heavy atom. The van der Waals surface area contributed by atoms with E-state index in [9.17, 15) is 14.4 Å². The Bertz CT molecular complexity index is 1070. The molecule has 2 aromatic rings. The molecule has 172 valence electrons. The van der Waals surface area contributed by atoms with E-state index in [4.69, 9.17) is 17.0 Å². The average Bonchev–Trinajstić information content (AvgIpc) is 3.07. The Balaban J connectivity index is 1.43. The molecule has 0 aliphatic carbocycles. The number of nitrogens with one attached hydrogen (secondary N) is 1. The molecule has 2 aromatic carbocycles. The molecule has 0 aromatic heterocycles. The summed E-state index contributed by atoms with van der Waals surface area (Å²) >= 11 is 8.88. The van der Waals surface area contributed by atoms with Crippen LogP contribution in [0.3, 0.4) is 0 Å². The first-order valence-electron chi connectivity index (χ1n) is 10.4. The van der Waals surface area contributed by atoms with Crippen LogP contribution in [0.1, 0.15) is 41.6 Å². The van der Waals surface area contributed by atoms with Gasteiger partial charge in [0, 0.05) is 22.2 Å². The van der Waals surface area contributed by atoms with Crippen molar-refractivity contribution < 1.29 is 19.1 Å². The lowest BCUT2D eigenvalue weighted by Crippen LogP contribution is -2.29. The topological polar surface area (TPSA) is 75.7 Å². The number of thioether (sulfide) groups is 1. The van der Waals surface area contributed by atoms with E-state index in [0.29, 0.717) is 27.8 Å². The van der Waals surface area contributed by atoms with Crippen molar-refractivity contribution in [3.05, 3.63) is 68.1 Å². The number of amides is 2. The quantitative estimate of drug-likeness (QED) is 0.136. The lowest BCUT2D eigenvalue weighted by molar-refractivity contribution is -0.122. The molecule has 0 radical (unpaired) electrons. The van der Waals surface area contributed by atoms with Crippen LogP contribution >= 0.6 is 46.6 Å². The molecule has 33 heavy (non-hydrogen) atoms. The lowest BCUT2D eigenvalue weighted by Gasteiger charge is -2.14. The number of rotatable bonds is 9. The molecular formula is C24H23IN2O4S2. The summed E-state index contributed by atoms with van der Waals surface area (Å²) < 4.78 is 6.35. The van der Waals surface area contributed by atoms with Crippen LogP contribution in [0.2, 0.25) is 0 Å². The number of thiocarbonyl (C=S) groups is 1. The number of nitrogens with zero attached hydrogens (tertiary/aromatic N) is 1. The zero-order valence-electron chi connectivity index (χ0n) is 18.0. The van der Waals surface area contributed by atoms with Gasteiger partial charge in [0.25, 0.3) is 5.91 Å². The number of benzene rings is 2. The van der Waals surface area contributed by atoms with Crippen LogP contribution in [0.25, 0.3) is 6.08 Å². The standard InChI is InChI=1S/C24H23IN2O4S2/c1-31-23(30)17-8-6-16(7-9-17)15-20-22(29)27(24(32)33-20)14-4-2-3-5-21(28)26-19-12-10-18(25)11-13-19/h6-13,15H,2-5,14H2,1H3,(H,26,28)/b20-15-. The van der Waals surface area contributed by atoms with E-state index in [0.717, 1.165) is 34.1 Å². The Hall–Kier alpha value is -2.24. The third-order valence-electron chi connectivity index (χ3n) is 4.92. The van der Waals surface area contributed by atoms with Gasteiger partial charge in [-0.2, -0.15) is 0 Å². The van der Waals surface area contributed by atoms with Gasteiger partial charge < -0.3 is 10.1 Å². The minimum atomic E-state index is -0.403. The highest BCUT2D eigenvalue weighted by atomic mass is 127. The van der Waals surface area contributed by atoms with Gasteiger partial charge in [-0.05, 0) is 83.5 Å². The number of hydrogen-bond donors (Lipinski definition) is 1. The summed E-state index contributed by atoms with van der Waals surface area (Å²) in [5.41, 5.74) is 2.06. The number of unbranched alkanes of at least 4 members (excludes halogenated alkanes) is 2. The highest BCUT2D eigenvalue weighted by Crippen LogP contribution is 2.32. The minimum absolute atomic E-state index is 0.0111. The molecule has 0 saturated carbocycles. The SMILES string of the molecule is COC(=O)c1ccc(/C=C2\SC(=S)N(CCCCCC(=O)Nc3ccc(I)cc3)C2=O)cc1. The van der Waals surface area contributed by atoms with Crippen molar-refractivity contribution in [2.75, 3.05) is 19.0 Å². The molecule has 1 aliphatic rings. The van der Waals surface area contributed by atoms with Crippen LogP contribution in [0, 0.1) is 3.57 Å². The number of carbonyl (C=O) groups excluding carboxylic acids is 3. The minimum Gasteiger partial charge on any atom is -0.465 e. The van der Waals surface area contributed by atoms with E-state index in [1.807, 2.05) is 24.3 Å². The van der Waals surface area contributed by atoms with Gasteiger partial charge in [-0.1, -0.05) is 42.5 Å². The highest BCUT2D eigenvalue weighted by Gasteiger charge is 2.31. The third kappa shape index (κ3) is 7.38. The second kappa shape index (κ2) is 12.3. The van der Waals surface area contributed by atoms with E-state index in [-0.39, 0.29) is 11.8 Å². The number of esters is 1. The van der Waals surface area contributed by atoms with E-state index < -0.39 is 5.97 Å². The maximum Gasteiger partial charge on any atom is 0.337 e. The second-order valence-corrected chi connectivity index (χ2v) is 10.2. The van der Waals surface area contributed by atoms with E-state index >= 15 is 0 Å². The largest absolute Gasteiger partial charge is 0.465 e. The maximum atomic E-state index is 12.8. The first kappa shape index (κ1) is 25.4. The summed E-state index contributed by atoms with van der Waals surface area (Å²) in [4.78, 5) is 38.5. The maximum absolute atomic E-state index is 12.8. The van der Waals surface area contributed by atoms with E-state index in [1.54, 1.807) is 35.2 Å². The molecule has 1 N–H and O–H groups in total. The molecule has 0 unspecified atom stereocenters. The predicted molar refractivity (Wildman–Crippen MR) is 144 cm³/mol. The van der Waals surface area contributed by atoms with Crippen molar-refractivity contribution >= 4 is 80.4 Å². The van der Waals surface area contributed by atoms with Crippen LogP contribution in [0.4, 0.5) is 5.69 Å². The third-order valence-corrected chi connectivity index (χ3v) is 7.01. The van der Waals surface area contributed by atoms with Crippen LogP contribution in [-0.4, -0.2) is 40.7 Å². The van der Waals surface area contributed by atoms with Gasteiger partial charge in [0.15, 0.2) is 0 Å². The van der Waals surface area contributed by atoms with E-state index in [2.05, 4.69) is 27.9 Å². The van der Waals surface area contributed by atoms with Gasteiger partial charge in [-0.25, -0.2) is 4.79 Å². The lowest BCUT2D eigenvalue weighted by atomic mass is 10.1. The van der Waals surface area contributed by atoms with Crippen molar-refractivity contribution in [3.63, 3.8) is 0 Å².